The monoisotopic (exact) mass is 415 g/mol. The van der Waals surface area contributed by atoms with E-state index in [1.54, 1.807) is 12.4 Å². The number of hydrogen-bond donors (Lipinski definition) is 0. The number of hydrogen-bond acceptors (Lipinski definition) is 4. The number of benzene rings is 1. The minimum atomic E-state index is -2.28. The first-order valence-corrected chi connectivity index (χ1v) is 8.91. The Hall–Kier alpha value is -2.75. The van der Waals surface area contributed by atoms with Gasteiger partial charge in [-0.2, -0.15) is 8.78 Å². The molecule has 0 N–H and O–H groups in total. The highest BCUT2D eigenvalue weighted by Crippen LogP contribution is 2.29. The molecular formula is C19H18F5N3O2. The Morgan fingerprint density at radius 1 is 0.966 bits per heavy atom. The molecule has 0 saturated carbocycles. The molecule has 0 atom stereocenters. The highest BCUT2D eigenvalue weighted by atomic mass is 19.2. The van der Waals surface area contributed by atoms with Crippen molar-refractivity contribution in [1.29, 1.82) is 0 Å². The molecule has 0 aliphatic carbocycles. The number of aromatic nitrogens is 1. The van der Waals surface area contributed by atoms with Crippen LogP contribution in [0, 0.1) is 29.1 Å². The number of ether oxygens (including phenoxy) is 1. The number of amides is 1. The van der Waals surface area contributed by atoms with Crippen molar-refractivity contribution in [3.8, 4) is 5.75 Å². The van der Waals surface area contributed by atoms with Crippen LogP contribution in [0.15, 0.2) is 24.5 Å². The van der Waals surface area contributed by atoms with Crippen molar-refractivity contribution in [2.75, 3.05) is 32.8 Å². The fourth-order valence-corrected chi connectivity index (χ4v) is 3.06. The van der Waals surface area contributed by atoms with Crippen molar-refractivity contribution in [2.45, 2.75) is 13.0 Å². The number of carbonyl (C=O) groups is 1. The van der Waals surface area contributed by atoms with E-state index >= 15 is 0 Å². The van der Waals surface area contributed by atoms with E-state index in [9.17, 15) is 26.7 Å². The smallest absolute Gasteiger partial charge is 0.260 e. The van der Waals surface area contributed by atoms with Crippen LogP contribution in [0.25, 0.3) is 0 Å². The zero-order valence-corrected chi connectivity index (χ0v) is 15.3. The van der Waals surface area contributed by atoms with Gasteiger partial charge in [0.15, 0.2) is 12.4 Å². The summed E-state index contributed by atoms with van der Waals surface area (Å²) >= 11 is 0. The first-order valence-electron chi connectivity index (χ1n) is 8.91. The summed E-state index contributed by atoms with van der Waals surface area (Å²) in [5.74, 6) is -12.8. The third kappa shape index (κ3) is 4.81. The van der Waals surface area contributed by atoms with Crippen LogP contribution in [0.3, 0.4) is 0 Å². The van der Waals surface area contributed by atoms with Gasteiger partial charge in [0.1, 0.15) is 0 Å². The molecular weight excluding hydrogens is 397 g/mol. The number of rotatable bonds is 5. The summed E-state index contributed by atoms with van der Waals surface area (Å²) in [6.07, 6.45) is 4.09. The molecule has 0 unspecified atom stereocenters. The highest BCUT2D eigenvalue weighted by molar-refractivity contribution is 5.77. The zero-order valence-electron chi connectivity index (χ0n) is 15.3. The lowest BCUT2D eigenvalue weighted by Gasteiger charge is -2.22. The van der Waals surface area contributed by atoms with Gasteiger partial charge in [-0.25, -0.2) is 13.2 Å². The molecule has 1 fully saturated rings. The van der Waals surface area contributed by atoms with Gasteiger partial charge >= 0.3 is 0 Å². The van der Waals surface area contributed by atoms with Crippen LogP contribution in [0.5, 0.6) is 5.75 Å². The van der Waals surface area contributed by atoms with E-state index < -0.39 is 47.3 Å². The predicted molar refractivity (Wildman–Crippen MR) is 92.4 cm³/mol. The second-order valence-corrected chi connectivity index (χ2v) is 6.56. The van der Waals surface area contributed by atoms with Crippen LogP contribution in [0.4, 0.5) is 22.0 Å². The van der Waals surface area contributed by atoms with Crippen molar-refractivity contribution >= 4 is 5.91 Å². The quantitative estimate of drug-likeness (QED) is 0.428. The molecule has 3 rings (SSSR count). The van der Waals surface area contributed by atoms with Gasteiger partial charge in [-0.3, -0.25) is 14.7 Å². The topological polar surface area (TPSA) is 45.7 Å². The molecule has 1 saturated heterocycles. The Bertz CT molecular complexity index is 853. The molecule has 0 bridgehead atoms. The van der Waals surface area contributed by atoms with Crippen LogP contribution in [-0.4, -0.2) is 53.5 Å². The largest absolute Gasteiger partial charge is 0.477 e. The third-order valence-electron chi connectivity index (χ3n) is 4.58. The molecule has 2 heterocycles. The number of carbonyl (C=O) groups excluding carboxylic acids is 1. The minimum Gasteiger partial charge on any atom is -0.477 e. The van der Waals surface area contributed by atoms with Gasteiger partial charge in [-0.05, 0) is 18.1 Å². The van der Waals surface area contributed by atoms with E-state index in [4.69, 9.17) is 0 Å². The van der Waals surface area contributed by atoms with Crippen molar-refractivity contribution in [3.05, 3.63) is 59.2 Å². The lowest BCUT2D eigenvalue weighted by atomic mass is 10.2. The Kier molecular flexibility index (Phi) is 6.63. The molecule has 1 aliphatic rings. The number of halogens is 5. The molecule has 0 radical (unpaired) electrons. The first kappa shape index (κ1) is 21.0. The summed E-state index contributed by atoms with van der Waals surface area (Å²) in [4.78, 5) is 19.9. The van der Waals surface area contributed by atoms with E-state index in [0.29, 0.717) is 32.6 Å². The predicted octanol–water partition coefficient (Wildman–Crippen LogP) is 2.89. The molecule has 5 nitrogen and oxygen atoms in total. The van der Waals surface area contributed by atoms with Gasteiger partial charge in [0.05, 0.1) is 0 Å². The average Bonchev–Trinajstić information content (AvgIpc) is 2.97. The molecule has 1 aromatic carbocycles. The summed E-state index contributed by atoms with van der Waals surface area (Å²) in [6.45, 7) is 1.86. The first-order chi connectivity index (χ1) is 13.9. The second kappa shape index (κ2) is 9.17. The van der Waals surface area contributed by atoms with E-state index in [1.165, 1.54) is 4.90 Å². The number of nitrogens with zero attached hydrogens (tertiary/aromatic N) is 3. The van der Waals surface area contributed by atoms with E-state index in [0.717, 1.165) is 12.1 Å². The fourth-order valence-electron chi connectivity index (χ4n) is 3.06. The second-order valence-electron chi connectivity index (χ2n) is 6.56. The summed E-state index contributed by atoms with van der Waals surface area (Å²) in [6, 6.07) is 3.78. The Balaban J connectivity index is 1.58. The minimum absolute atomic E-state index is 0.347. The van der Waals surface area contributed by atoms with Crippen molar-refractivity contribution in [1.82, 2.24) is 14.8 Å². The van der Waals surface area contributed by atoms with Gasteiger partial charge in [0.2, 0.25) is 29.1 Å². The van der Waals surface area contributed by atoms with E-state index in [-0.39, 0.29) is 0 Å². The van der Waals surface area contributed by atoms with Crippen molar-refractivity contribution in [2.24, 2.45) is 0 Å². The Labute approximate surface area is 163 Å². The standard InChI is InChI=1S/C19H18F5N3O2/c20-14-15(21)17(23)19(18(24)16(14)22)29-11-13(28)27-6-2-5-26(7-8-27)10-12-3-1-4-25-9-12/h1,3-4,9H,2,5-8,10-11H2. The maximum Gasteiger partial charge on any atom is 0.260 e. The van der Waals surface area contributed by atoms with E-state index in [2.05, 4.69) is 14.6 Å². The van der Waals surface area contributed by atoms with Crippen LogP contribution in [0.1, 0.15) is 12.0 Å². The van der Waals surface area contributed by atoms with Gasteiger partial charge in [-0.1, -0.05) is 6.07 Å². The lowest BCUT2D eigenvalue weighted by Crippen LogP contribution is -2.38. The fraction of sp³-hybridized carbons (Fsp3) is 0.368. The summed E-state index contributed by atoms with van der Waals surface area (Å²) in [5.41, 5.74) is 1.03. The average molecular weight is 415 g/mol. The molecule has 156 valence electrons. The van der Waals surface area contributed by atoms with Crippen LogP contribution < -0.4 is 4.74 Å². The molecule has 1 amide bonds. The number of pyridine rings is 1. The molecule has 1 aliphatic heterocycles. The van der Waals surface area contributed by atoms with Crippen LogP contribution in [-0.2, 0) is 11.3 Å². The van der Waals surface area contributed by atoms with Crippen LogP contribution in [0.2, 0.25) is 0 Å². The third-order valence-corrected chi connectivity index (χ3v) is 4.58. The lowest BCUT2D eigenvalue weighted by molar-refractivity contribution is -0.133. The Morgan fingerprint density at radius 2 is 1.66 bits per heavy atom. The molecule has 1 aromatic heterocycles. The maximum atomic E-state index is 13.6. The van der Waals surface area contributed by atoms with E-state index in [1.807, 2.05) is 12.1 Å². The highest BCUT2D eigenvalue weighted by Gasteiger charge is 2.28. The normalized spacial score (nSPS) is 15.3. The Morgan fingerprint density at radius 3 is 2.31 bits per heavy atom. The molecule has 10 heteroatoms. The van der Waals surface area contributed by atoms with Crippen molar-refractivity contribution in [3.63, 3.8) is 0 Å². The summed E-state index contributed by atoms with van der Waals surface area (Å²) in [7, 11) is 0. The summed E-state index contributed by atoms with van der Waals surface area (Å²) < 4.78 is 71.4. The molecule has 29 heavy (non-hydrogen) atoms. The van der Waals surface area contributed by atoms with Crippen molar-refractivity contribution < 1.29 is 31.5 Å². The van der Waals surface area contributed by atoms with Gasteiger partial charge in [-0.15, -0.1) is 0 Å². The SMILES string of the molecule is O=C(COc1c(F)c(F)c(F)c(F)c1F)N1CCCN(Cc2cccnc2)CC1. The maximum absolute atomic E-state index is 13.6. The zero-order chi connectivity index (χ0) is 21.0. The van der Waals surface area contributed by atoms with Crippen LogP contribution >= 0.6 is 0 Å². The summed E-state index contributed by atoms with van der Waals surface area (Å²) in [5, 5.41) is 0. The molecule has 2 aromatic rings. The van der Waals surface area contributed by atoms with Gasteiger partial charge < -0.3 is 9.64 Å². The van der Waals surface area contributed by atoms with Gasteiger partial charge in [0.25, 0.3) is 5.91 Å². The van der Waals surface area contributed by atoms with Gasteiger partial charge in [0, 0.05) is 45.1 Å². The molecule has 0 spiro atoms.